The Morgan fingerprint density at radius 1 is 0.412 bits per heavy atom. The molecule has 0 aromatic carbocycles. The van der Waals surface area contributed by atoms with Gasteiger partial charge >= 0.3 is 5.97 Å². The predicted octanol–water partition coefficient (Wildman–Crippen LogP) is 18.8. The highest BCUT2D eigenvalue weighted by Gasteiger charge is 2.20. The molecule has 0 spiro atoms. The molecule has 0 aliphatic carbocycles. The standard InChI is InChI=1S/C62H117NO5/c1-3-5-7-9-11-13-15-17-19-20-21-22-23-24-27-30-34-38-42-46-50-54-60(65)59(58-64)63-61(66)55-51-47-43-39-35-31-28-25-26-29-33-37-41-45-49-53-57-68-62(67)56-52-48-44-40-36-32-18-16-14-12-10-8-6-4-2/h10,12,16,18,25,28,59-60,64-65H,3-9,11,13-15,17,19-24,26-27,29-58H2,1-2H3,(H,63,66)/b12-10-,18-16-,28-25-. The molecule has 400 valence electrons. The molecule has 0 heterocycles. The number of ether oxygens (including phenoxy) is 1. The number of carbonyl (C=O) groups excluding carboxylic acids is 2. The van der Waals surface area contributed by atoms with Gasteiger partial charge in [0.2, 0.25) is 5.91 Å². The molecule has 0 aromatic heterocycles. The van der Waals surface area contributed by atoms with Crippen LogP contribution in [0.1, 0.15) is 322 Å². The Morgan fingerprint density at radius 2 is 0.750 bits per heavy atom. The lowest BCUT2D eigenvalue weighted by Gasteiger charge is -2.22. The van der Waals surface area contributed by atoms with Gasteiger partial charge in [-0.05, 0) is 77.0 Å². The Labute approximate surface area is 424 Å². The van der Waals surface area contributed by atoms with Gasteiger partial charge in [-0.25, -0.2) is 0 Å². The van der Waals surface area contributed by atoms with Crippen LogP contribution in [0, 0.1) is 0 Å². The fraction of sp³-hybridized carbons (Fsp3) is 0.871. The number of hydrogen-bond donors (Lipinski definition) is 3. The number of unbranched alkanes of at least 4 members (excludes halogenated alkanes) is 39. The van der Waals surface area contributed by atoms with E-state index in [2.05, 4.69) is 55.6 Å². The van der Waals surface area contributed by atoms with Gasteiger partial charge in [-0.3, -0.25) is 9.59 Å². The van der Waals surface area contributed by atoms with Gasteiger partial charge in [0, 0.05) is 12.8 Å². The second-order valence-corrected chi connectivity index (χ2v) is 20.7. The summed E-state index contributed by atoms with van der Waals surface area (Å²) in [6, 6.07) is -0.555. The topological polar surface area (TPSA) is 95.9 Å². The number of hydrogen-bond acceptors (Lipinski definition) is 5. The summed E-state index contributed by atoms with van der Waals surface area (Å²) >= 11 is 0. The number of carbonyl (C=O) groups is 2. The molecule has 0 rings (SSSR count). The molecule has 2 atom stereocenters. The average molecular weight is 957 g/mol. The molecule has 2 unspecified atom stereocenters. The van der Waals surface area contributed by atoms with E-state index in [1.807, 2.05) is 0 Å². The molecule has 68 heavy (non-hydrogen) atoms. The zero-order chi connectivity index (χ0) is 49.3. The van der Waals surface area contributed by atoms with E-state index in [9.17, 15) is 19.8 Å². The minimum absolute atomic E-state index is 0.0171. The predicted molar refractivity (Wildman–Crippen MR) is 296 cm³/mol. The van der Waals surface area contributed by atoms with Crippen LogP contribution in [0.15, 0.2) is 36.5 Å². The van der Waals surface area contributed by atoms with Gasteiger partial charge in [0.05, 0.1) is 25.4 Å². The first-order valence-electron chi connectivity index (χ1n) is 30.2. The fourth-order valence-electron chi connectivity index (χ4n) is 9.24. The lowest BCUT2D eigenvalue weighted by molar-refractivity contribution is -0.143. The normalized spacial score (nSPS) is 12.8. The third-order valence-corrected chi connectivity index (χ3v) is 13.9. The van der Waals surface area contributed by atoms with Crippen molar-refractivity contribution in [2.24, 2.45) is 0 Å². The second kappa shape index (κ2) is 57.7. The zero-order valence-corrected chi connectivity index (χ0v) is 45.6. The monoisotopic (exact) mass is 956 g/mol. The molecule has 6 nitrogen and oxygen atoms in total. The number of aliphatic hydroxyl groups is 2. The summed E-state index contributed by atoms with van der Waals surface area (Å²) in [4.78, 5) is 24.5. The Balaban J connectivity index is 3.47. The minimum Gasteiger partial charge on any atom is -0.466 e. The molecule has 6 heteroatoms. The van der Waals surface area contributed by atoms with E-state index in [4.69, 9.17) is 4.74 Å². The van der Waals surface area contributed by atoms with Crippen molar-refractivity contribution in [1.82, 2.24) is 5.32 Å². The van der Waals surface area contributed by atoms with Crippen molar-refractivity contribution in [3.8, 4) is 0 Å². The van der Waals surface area contributed by atoms with Crippen LogP contribution in [-0.2, 0) is 14.3 Å². The fourth-order valence-corrected chi connectivity index (χ4v) is 9.24. The summed E-state index contributed by atoms with van der Waals surface area (Å²) < 4.78 is 5.46. The summed E-state index contributed by atoms with van der Waals surface area (Å²) in [5.74, 6) is -0.0674. The van der Waals surface area contributed by atoms with E-state index < -0.39 is 12.1 Å². The summed E-state index contributed by atoms with van der Waals surface area (Å²) in [6.45, 7) is 4.90. The Morgan fingerprint density at radius 3 is 1.18 bits per heavy atom. The van der Waals surface area contributed by atoms with E-state index in [-0.39, 0.29) is 18.5 Å². The summed E-state index contributed by atoms with van der Waals surface area (Å²) in [6.07, 6.45) is 71.4. The molecule has 0 radical (unpaired) electrons. The maximum Gasteiger partial charge on any atom is 0.305 e. The van der Waals surface area contributed by atoms with Crippen molar-refractivity contribution < 1.29 is 24.5 Å². The number of nitrogens with one attached hydrogen (secondary N) is 1. The highest BCUT2D eigenvalue weighted by Crippen LogP contribution is 2.17. The van der Waals surface area contributed by atoms with Gasteiger partial charge in [-0.2, -0.15) is 0 Å². The van der Waals surface area contributed by atoms with Gasteiger partial charge in [0.1, 0.15) is 0 Å². The molecule has 3 N–H and O–H groups in total. The molecule has 0 bridgehead atoms. The zero-order valence-electron chi connectivity index (χ0n) is 45.6. The Hall–Kier alpha value is -1.92. The van der Waals surface area contributed by atoms with Gasteiger partial charge in [0.15, 0.2) is 0 Å². The molecule has 0 fully saturated rings. The molecule has 1 amide bonds. The molecule has 0 aliphatic heterocycles. The van der Waals surface area contributed by atoms with Gasteiger partial charge in [-0.15, -0.1) is 0 Å². The van der Waals surface area contributed by atoms with E-state index in [0.717, 1.165) is 70.6 Å². The van der Waals surface area contributed by atoms with Crippen LogP contribution < -0.4 is 5.32 Å². The molecule has 0 saturated heterocycles. The molecular weight excluding hydrogens is 839 g/mol. The van der Waals surface area contributed by atoms with Crippen molar-refractivity contribution in [3.63, 3.8) is 0 Å². The Bertz CT molecular complexity index is 1100. The lowest BCUT2D eigenvalue weighted by Crippen LogP contribution is -2.45. The van der Waals surface area contributed by atoms with Crippen LogP contribution >= 0.6 is 0 Å². The summed E-state index contributed by atoms with van der Waals surface area (Å²) in [5.41, 5.74) is 0. The third kappa shape index (κ3) is 53.4. The maximum atomic E-state index is 12.5. The smallest absolute Gasteiger partial charge is 0.305 e. The number of amides is 1. The first-order valence-corrected chi connectivity index (χ1v) is 30.2. The first-order chi connectivity index (χ1) is 33.5. The minimum atomic E-state index is -0.677. The van der Waals surface area contributed by atoms with Crippen LogP contribution in [-0.4, -0.2) is 47.4 Å². The lowest BCUT2D eigenvalue weighted by atomic mass is 10.0. The van der Waals surface area contributed by atoms with Crippen molar-refractivity contribution >= 4 is 11.9 Å². The number of esters is 1. The largest absolute Gasteiger partial charge is 0.466 e. The van der Waals surface area contributed by atoms with Crippen LogP contribution in [0.5, 0.6) is 0 Å². The van der Waals surface area contributed by atoms with Gasteiger partial charge in [-0.1, -0.05) is 269 Å². The van der Waals surface area contributed by atoms with Gasteiger partial charge in [0.25, 0.3) is 0 Å². The molecule has 0 saturated carbocycles. The first kappa shape index (κ1) is 66.1. The third-order valence-electron chi connectivity index (χ3n) is 13.9. The number of rotatable bonds is 56. The van der Waals surface area contributed by atoms with E-state index in [1.54, 1.807) is 0 Å². The highest BCUT2D eigenvalue weighted by atomic mass is 16.5. The number of aliphatic hydroxyl groups excluding tert-OH is 2. The quantitative estimate of drug-likeness (QED) is 0.0321. The average Bonchev–Trinajstić information content (AvgIpc) is 3.34. The summed E-state index contributed by atoms with van der Waals surface area (Å²) in [5, 5.41) is 23.3. The van der Waals surface area contributed by atoms with Crippen LogP contribution in [0.4, 0.5) is 0 Å². The van der Waals surface area contributed by atoms with Gasteiger partial charge < -0.3 is 20.3 Å². The highest BCUT2D eigenvalue weighted by molar-refractivity contribution is 5.76. The second-order valence-electron chi connectivity index (χ2n) is 20.7. The van der Waals surface area contributed by atoms with E-state index >= 15 is 0 Å². The summed E-state index contributed by atoms with van der Waals surface area (Å²) in [7, 11) is 0. The Kier molecular flexibility index (Phi) is 56.0. The SMILES string of the molecule is CCCC/C=C\C/C=C\CCCCCCCC(=O)OCCCCCCCCC/C=C\CCCCCCCC(=O)NC(CO)C(O)CCCCCCCCCCCCCCCCCCCCCCC. The number of allylic oxidation sites excluding steroid dienone is 6. The van der Waals surface area contributed by atoms with E-state index in [1.165, 1.54) is 218 Å². The van der Waals surface area contributed by atoms with Crippen LogP contribution in [0.2, 0.25) is 0 Å². The van der Waals surface area contributed by atoms with E-state index in [0.29, 0.717) is 25.9 Å². The molecule has 0 aromatic rings. The van der Waals surface area contributed by atoms with Crippen molar-refractivity contribution in [2.75, 3.05) is 13.2 Å². The molecule has 0 aliphatic rings. The van der Waals surface area contributed by atoms with Crippen molar-refractivity contribution in [1.29, 1.82) is 0 Å². The van der Waals surface area contributed by atoms with Crippen molar-refractivity contribution in [2.45, 2.75) is 334 Å². The van der Waals surface area contributed by atoms with Crippen LogP contribution in [0.25, 0.3) is 0 Å². The maximum absolute atomic E-state index is 12.5. The van der Waals surface area contributed by atoms with Crippen LogP contribution in [0.3, 0.4) is 0 Å². The van der Waals surface area contributed by atoms with Crippen molar-refractivity contribution in [3.05, 3.63) is 36.5 Å². The molecular formula is C62H117NO5.